The highest BCUT2D eigenvalue weighted by Crippen LogP contribution is 2.38. The summed E-state index contributed by atoms with van der Waals surface area (Å²) in [5, 5.41) is 4.24. The van der Waals surface area contributed by atoms with Gasteiger partial charge in [-0.1, -0.05) is 36.4 Å². The molecule has 0 unspecified atom stereocenters. The molecule has 0 aromatic heterocycles. The smallest absolute Gasteiger partial charge is 0.416 e. The Balaban J connectivity index is 1.81. The zero-order chi connectivity index (χ0) is 25.8. The summed E-state index contributed by atoms with van der Waals surface area (Å²) in [6.07, 6.45) is -3.64. The quantitative estimate of drug-likeness (QED) is 0.524. The van der Waals surface area contributed by atoms with E-state index in [0.717, 1.165) is 6.07 Å². The molecule has 0 aliphatic heterocycles. The molecular formula is C26H31F3N2O4. The molecule has 0 bridgehead atoms. The number of carbonyl (C=O) groups is 2. The first-order chi connectivity index (χ1) is 16.3. The average molecular weight is 493 g/mol. The Morgan fingerprint density at radius 3 is 2.31 bits per heavy atom. The predicted octanol–water partition coefficient (Wildman–Crippen LogP) is 5.94. The normalized spacial score (nSPS) is 20.9. The van der Waals surface area contributed by atoms with Gasteiger partial charge in [0.15, 0.2) is 0 Å². The molecule has 0 spiro atoms. The van der Waals surface area contributed by atoms with Crippen LogP contribution in [0.2, 0.25) is 0 Å². The van der Waals surface area contributed by atoms with Crippen LogP contribution < -0.4 is 5.32 Å². The molecule has 1 aliphatic carbocycles. The van der Waals surface area contributed by atoms with Gasteiger partial charge in [-0.05, 0) is 69.7 Å². The second-order valence-corrected chi connectivity index (χ2v) is 9.74. The lowest BCUT2D eigenvalue weighted by molar-refractivity contribution is -0.138. The van der Waals surface area contributed by atoms with Gasteiger partial charge >= 0.3 is 18.2 Å². The summed E-state index contributed by atoms with van der Waals surface area (Å²) in [5.41, 5.74) is -0.477. The van der Waals surface area contributed by atoms with Crippen LogP contribution in [0, 0.1) is 0 Å². The summed E-state index contributed by atoms with van der Waals surface area (Å²) in [6, 6.07) is 12.8. The van der Waals surface area contributed by atoms with E-state index >= 15 is 0 Å². The number of alkyl carbamates (subject to hydrolysis) is 1. The van der Waals surface area contributed by atoms with Gasteiger partial charge in [-0.2, -0.15) is 13.2 Å². The van der Waals surface area contributed by atoms with Crippen molar-refractivity contribution in [3.8, 4) is 0 Å². The van der Waals surface area contributed by atoms with Gasteiger partial charge in [0.1, 0.15) is 5.60 Å². The minimum absolute atomic E-state index is 0.211. The summed E-state index contributed by atoms with van der Waals surface area (Å²) in [5.74, 6) is -0.776. The van der Waals surface area contributed by atoms with E-state index in [-0.39, 0.29) is 5.92 Å². The van der Waals surface area contributed by atoms with E-state index in [0.29, 0.717) is 30.4 Å². The highest BCUT2D eigenvalue weighted by molar-refractivity contribution is 5.89. The summed E-state index contributed by atoms with van der Waals surface area (Å²) < 4.78 is 45.2. The molecule has 35 heavy (non-hydrogen) atoms. The molecule has 1 aliphatic rings. The van der Waals surface area contributed by atoms with Crippen molar-refractivity contribution in [1.29, 1.82) is 0 Å². The van der Waals surface area contributed by atoms with Crippen LogP contribution in [0.3, 0.4) is 0 Å². The summed E-state index contributed by atoms with van der Waals surface area (Å²) in [6.45, 7) is 5.26. The van der Waals surface area contributed by atoms with Crippen LogP contribution in [-0.4, -0.2) is 41.9 Å². The van der Waals surface area contributed by atoms with Crippen LogP contribution in [0.5, 0.6) is 0 Å². The molecule has 1 saturated carbocycles. The van der Waals surface area contributed by atoms with Gasteiger partial charge in [-0.25, -0.2) is 9.59 Å². The number of nitrogens with one attached hydrogen (secondary N) is 1. The molecule has 9 heteroatoms. The minimum Gasteiger partial charge on any atom is -0.444 e. The van der Waals surface area contributed by atoms with Crippen molar-refractivity contribution in [2.45, 2.75) is 69.8 Å². The Hall–Kier alpha value is -3.07. The van der Waals surface area contributed by atoms with Crippen LogP contribution in [0.25, 0.3) is 0 Å². The molecule has 0 saturated heterocycles. The second-order valence-electron chi connectivity index (χ2n) is 9.74. The molecule has 3 rings (SSSR count). The first kappa shape index (κ1) is 26.5. The standard InChI is InChI=1S/C26H31F3N2O4/c1-25(2,3)34-24(33)30-21-14-13-19(18-11-8-12-20(15-18)26(27,28)29)16-22(21)31(4)35-23(32)17-9-6-5-7-10-17/h5-12,15,19,21-22H,13-14,16H2,1-4H3,(H,30,33)/t19-,21-,22-/m0/s1. The number of hydrogen-bond donors (Lipinski definition) is 1. The summed E-state index contributed by atoms with van der Waals surface area (Å²) >= 11 is 0. The first-order valence-corrected chi connectivity index (χ1v) is 11.5. The van der Waals surface area contributed by atoms with Crippen molar-refractivity contribution in [1.82, 2.24) is 10.4 Å². The van der Waals surface area contributed by atoms with E-state index in [1.807, 2.05) is 0 Å². The first-order valence-electron chi connectivity index (χ1n) is 11.5. The molecule has 1 amide bonds. The van der Waals surface area contributed by atoms with E-state index < -0.39 is 41.5 Å². The molecule has 2 aromatic rings. The van der Waals surface area contributed by atoms with E-state index in [1.54, 1.807) is 64.2 Å². The Morgan fingerprint density at radius 2 is 1.69 bits per heavy atom. The fraction of sp³-hybridized carbons (Fsp3) is 0.462. The predicted molar refractivity (Wildman–Crippen MR) is 125 cm³/mol. The summed E-state index contributed by atoms with van der Waals surface area (Å²) in [7, 11) is 1.59. The highest BCUT2D eigenvalue weighted by Gasteiger charge is 2.38. The van der Waals surface area contributed by atoms with Gasteiger partial charge in [-0.3, -0.25) is 0 Å². The molecular weight excluding hydrogens is 461 g/mol. The van der Waals surface area contributed by atoms with Gasteiger partial charge in [0.25, 0.3) is 0 Å². The van der Waals surface area contributed by atoms with Gasteiger partial charge < -0.3 is 14.9 Å². The highest BCUT2D eigenvalue weighted by atomic mass is 19.4. The van der Waals surface area contributed by atoms with Crippen molar-refractivity contribution in [2.75, 3.05) is 7.05 Å². The number of amides is 1. The molecule has 1 fully saturated rings. The van der Waals surface area contributed by atoms with Crippen molar-refractivity contribution >= 4 is 12.1 Å². The second kappa shape index (κ2) is 10.7. The minimum atomic E-state index is -4.44. The SMILES string of the molecule is CN(OC(=O)c1ccccc1)[C@H]1C[C@@H](c2cccc(C(F)(F)F)c2)CC[C@@H]1NC(=O)OC(C)(C)C. The number of hydrogen-bond acceptors (Lipinski definition) is 5. The van der Waals surface area contributed by atoms with Crippen molar-refractivity contribution in [3.05, 3.63) is 71.3 Å². The van der Waals surface area contributed by atoms with Gasteiger partial charge in [-0.15, -0.1) is 5.06 Å². The van der Waals surface area contributed by atoms with E-state index in [9.17, 15) is 22.8 Å². The number of halogens is 3. The Bertz CT molecular complexity index is 1020. The Kier molecular flexibility index (Phi) is 8.10. The van der Waals surface area contributed by atoms with E-state index in [4.69, 9.17) is 9.57 Å². The van der Waals surface area contributed by atoms with Crippen molar-refractivity contribution in [3.63, 3.8) is 0 Å². The average Bonchev–Trinajstić information content (AvgIpc) is 2.78. The largest absolute Gasteiger partial charge is 0.444 e. The number of rotatable bonds is 5. The number of carbonyl (C=O) groups excluding carboxylic acids is 2. The molecule has 0 radical (unpaired) electrons. The zero-order valence-electron chi connectivity index (χ0n) is 20.3. The third-order valence-electron chi connectivity index (χ3n) is 5.91. The molecule has 2 aromatic carbocycles. The Labute approximate surface area is 203 Å². The fourth-order valence-corrected chi connectivity index (χ4v) is 4.27. The maximum Gasteiger partial charge on any atom is 0.416 e. The number of alkyl halides is 3. The molecule has 3 atom stereocenters. The monoisotopic (exact) mass is 492 g/mol. The van der Waals surface area contributed by atoms with Gasteiger partial charge in [0.05, 0.1) is 23.2 Å². The van der Waals surface area contributed by atoms with E-state index in [2.05, 4.69) is 5.32 Å². The van der Waals surface area contributed by atoms with Gasteiger partial charge in [0.2, 0.25) is 0 Å². The van der Waals surface area contributed by atoms with Crippen molar-refractivity contribution < 1.29 is 32.3 Å². The number of nitrogens with zero attached hydrogens (tertiary/aromatic N) is 1. The lowest BCUT2D eigenvalue weighted by atomic mass is 9.78. The van der Waals surface area contributed by atoms with Crippen LogP contribution in [0.1, 0.15) is 67.4 Å². The fourth-order valence-electron chi connectivity index (χ4n) is 4.27. The van der Waals surface area contributed by atoms with E-state index in [1.165, 1.54) is 17.2 Å². The third kappa shape index (κ3) is 7.45. The van der Waals surface area contributed by atoms with Gasteiger partial charge in [0, 0.05) is 7.05 Å². The Morgan fingerprint density at radius 1 is 1.00 bits per heavy atom. The molecule has 190 valence electrons. The topological polar surface area (TPSA) is 67.9 Å². The van der Waals surface area contributed by atoms with Crippen LogP contribution in [0.4, 0.5) is 18.0 Å². The number of benzene rings is 2. The zero-order valence-corrected chi connectivity index (χ0v) is 20.3. The lowest BCUT2D eigenvalue weighted by Crippen LogP contribution is -2.54. The van der Waals surface area contributed by atoms with Crippen molar-refractivity contribution in [2.24, 2.45) is 0 Å². The summed E-state index contributed by atoms with van der Waals surface area (Å²) in [4.78, 5) is 30.7. The van der Waals surface area contributed by atoms with Crippen LogP contribution in [0.15, 0.2) is 54.6 Å². The van der Waals surface area contributed by atoms with Crippen LogP contribution in [-0.2, 0) is 15.8 Å². The van der Waals surface area contributed by atoms with Crippen LogP contribution >= 0.6 is 0 Å². The lowest BCUT2D eigenvalue weighted by Gasteiger charge is -2.40. The number of hydroxylamine groups is 2. The maximum absolute atomic E-state index is 13.3. The molecule has 6 nitrogen and oxygen atoms in total. The molecule has 0 heterocycles. The number of ether oxygens (including phenoxy) is 1. The molecule has 1 N–H and O–H groups in total. The number of likely N-dealkylation sites (N-methyl/N-ethyl adjacent to an activating group) is 1. The maximum atomic E-state index is 13.3. The third-order valence-corrected chi connectivity index (χ3v) is 5.91.